The third-order valence-electron chi connectivity index (χ3n) is 6.45. The fourth-order valence-electron chi connectivity index (χ4n) is 4.47. The summed E-state index contributed by atoms with van der Waals surface area (Å²) in [6.07, 6.45) is 1.76. The number of ether oxygens (including phenoxy) is 2. The van der Waals surface area contributed by atoms with Gasteiger partial charge in [0.25, 0.3) is 11.2 Å². The molecule has 5 rings (SSSR count). The number of nitrogens with zero attached hydrogens (tertiary/aromatic N) is 3. The SMILES string of the molecule is CCOC(=O)C1=C(C)N=c2s/c(=C\c3ccc(OCc4ccc([N+](=O)[O-])cc4)cc3)c(=O)n2C1c1ccccc1Cl. The van der Waals surface area contributed by atoms with Gasteiger partial charge < -0.3 is 9.47 Å². The maximum atomic E-state index is 13.7. The third-order valence-corrected chi connectivity index (χ3v) is 7.77. The predicted molar refractivity (Wildman–Crippen MR) is 156 cm³/mol. The molecule has 0 fully saturated rings. The van der Waals surface area contributed by atoms with Crippen LogP contribution in [0.15, 0.2) is 93.9 Å². The Morgan fingerprint density at radius 3 is 2.49 bits per heavy atom. The number of carbonyl (C=O) groups excluding carboxylic acids is 1. The number of benzene rings is 3. The van der Waals surface area contributed by atoms with Crippen molar-refractivity contribution in [3.63, 3.8) is 0 Å². The predicted octanol–water partition coefficient (Wildman–Crippen LogP) is 4.94. The number of carbonyl (C=O) groups is 1. The van der Waals surface area contributed by atoms with Gasteiger partial charge >= 0.3 is 5.97 Å². The fourth-order valence-corrected chi connectivity index (χ4v) is 5.76. The second-order valence-corrected chi connectivity index (χ2v) is 10.5. The van der Waals surface area contributed by atoms with Crippen LogP contribution in [0.1, 0.15) is 36.6 Å². The summed E-state index contributed by atoms with van der Waals surface area (Å²) in [6.45, 7) is 3.88. The Bertz CT molecular complexity index is 1840. The van der Waals surface area contributed by atoms with Gasteiger partial charge in [-0.15, -0.1) is 0 Å². The molecule has 41 heavy (non-hydrogen) atoms. The molecule has 208 valence electrons. The van der Waals surface area contributed by atoms with Crippen LogP contribution in [-0.4, -0.2) is 22.1 Å². The highest BCUT2D eigenvalue weighted by molar-refractivity contribution is 7.07. The van der Waals surface area contributed by atoms with Gasteiger partial charge in [0.1, 0.15) is 18.4 Å². The van der Waals surface area contributed by atoms with E-state index in [-0.39, 0.29) is 30.0 Å². The van der Waals surface area contributed by atoms with Crippen LogP contribution >= 0.6 is 22.9 Å². The van der Waals surface area contributed by atoms with Crippen molar-refractivity contribution in [2.75, 3.05) is 6.61 Å². The zero-order chi connectivity index (χ0) is 29.1. The largest absolute Gasteiger partial charge is 0.489 e. The van der Waals surface area contributed by atoms with Crippen LogP contribution in [0.3, 0.4) is 0 Å². The molecule has 4 aromatic rings. The molecule has 1 aliphatic rings. The summed E-state index contributed by atoms with van der Waals surface area (Å²) in [5, 5.41) is 11.3. The van der Waals surface area contributed by atoms with Crippen molar-refractivity contribution in [1.29, 1.82) is 0 Å². The van der Waals surface area contributed by atoms with Gasteiger partial charge in [0.15, 0.2) is 4.80 Å². The summed E-state index contributed by atoms with van der Waals surface area (Å²) < 4.78 is 13.1. The van der Waals surface area contributed by atoms with Gasteiger partial charge in [-0.05, 0) is 66.9 Å². The molecule has 0 saturated carbocycles. The molecule has 0 aliphatic carbocycles. The summed E-state index contributed by atoms with van der Waals surface area (Å²) in [5.74, 6) is 0.0626. The monoisotopic (exact) mass is 589 g/mol. The maximum absolute atomic E-state index is 13.7. The quantitative estimate of drug-likeness (QED) is 0.163. The number of halogens is 1. The Labute approximate surface area is 243 Å². The highest BCUT2D eigenvalue weighted by Crippen LogP contribution is 2.34. The number of hydrogen-bond acceptors (Lipinski definition) is 8. The number of aromatic nitrogens is 1. The number of nitro groups is 1. The third kappa shape index (κ3) is 5.84. The fraction of sp³-hybridized carbons (Fsp3) is 0.167. The molecular weight excluding hydrogens is 566 g/mol. The first-order valence-corrected chi connectivity index (χ1v) is 13.9. The summed E-state index contributed by atoms with van der Waals surface area (Å²) in [6, 6.07) is 19.7. The van der Waals surface area contributed by atoms with Crippen LogP contribution < -0.4 is 19.6 Å². The van der Waals surface area contributed by atoms with Crippen LogP contribution in [0, 0.1) is 10.1 Å². The van der Waals surface area contributed by atoms with Crippen molar-refractivity contribution in [1.82, 2.24) is 4.57 Å². The summed E-state index contributed by atoms with van der Waals surface area (Å²) in [4.78, 5) is 42.2. The molecule has 11 heteroatoms. The van der Waals surface area contributed by atoms with Gasteiger partial charge in [-0.1, -0.05) is 53.3 Å². The number of allylic oxidation sites excluding steroid dienone is 1. The highest BCUT2D eigenvalue weighted by atomic mass is 35.5. The molecule has 1 aromatic heterocycles. The van der Waals surface area contributed by atoms with Crippen molar-refractivity contribution < 1.29 is 19.2 Å². The van der Waals surface area contributed by atoms with Gasteiger partial charge in [-0.3, -0.25) is 19.5 Å². The Kier molecular flexibility index (Phi) is 8.14. The molecule has 0 spiro atoms. The van der Waals surface area contributed by atoms with Crippen molar-refractivity contribution in [2.45, 2.75) is 26.5 Å². The van der Waals surface area contributed by atoms with E-state index in [0.29, 0.717) is 31.4 Å². The molecule has 0 bridgehead atoms. The second-order valence-electron chi connectivity index (χ2n) is 9.11. The first-order chi connectivity index (χ1) is 19.8. The van der Waals surface area contributed by atoms with E-state index in [4.69, 9.17) is 21.1 Å². The average Bonchev–Trinajstić information content (AvgIpc) is 3.26. The lowest BCUT2D eigenvalue weighted by Gasteiger charge is -2.25. The summed E-state index contributed by atoms with van der Waals surface area (Å²) >= 11 is 7.77. The minimum absolute atomic E-state index is 0.0221. The molecule has 3 aromatic carbocycles. The molecule has 1 atom stereocenters. The van der Waals surface area contributed by atoms with Crippen LogP contribution in [-0.2, 0) is 16.1 Å². The van der Waals surface area contributed by atoms with E-state index in [2.05, 4.69) is 4.99 Å². The van der Waals surface area contributed by atoms with Crippen LogP contribution in [0.5, 0.6) is 5.75 Å². The number of hydrogen-bond donors (Lipinski definition) is 0. The molecule has 0 saturated heterocycles. The van der Waals surface area contributed by atoms with Gasteiger partial charge in [0, 0.05) is 17.2 Å². The van der Waals surface area contributed by atoms with Crippen molar-refractivity contribution in [3.05, 3.63) is 136 Å². The Morgan fingerprint density at radius 2 is 1.83 bits per heavy atom. The van der Waals surface area contributed by atoms with Crippen molar-refractivity contribution >= 4 is 40.7 Å². The standard InChI is InChI=1S/C30H24ClN3O6S/c1-3-39-29(36)26-18(2)32-30-33(27(26)23-6-4-5-7-24(23)31)28(35)25(41-30)16-19-10-14-22(15-11-19)40-17-20-8-12-21(13-9-20)34(37)38/h4-16,27H,3,17H2,1-2H3/b25-16-. The number of esters is 1. The lowest BCUT2D eigenvalue weighted by Crippen LogP contribution is -2.40. The molecule has 1 unspecified atom stereocenters. The van der Waals surface area contributed by atoms with Gasteiger partial charge in [-0.2, -0.15) is 0 Å². The van der Waals surface area contributed by atoms with Crippen molar-refractivity contribution in [3.8, 4) is 5.75 Å². The van der Waals surface area contributed by atoms with Gasteiger partial charge in [0.2, 0.25) is 0 Å². The zero-order valence-corrected chi connectivity index (χ0v) is 23.6. The molecule has 2 heterocycles. The first-order valence-electron chi connectivity index (χ1n) is 12.7. The summed E-state index contributed by atoms with van der Waals surface area (Å²) in [5.41, 5.74) is 2.64. The number of nitro benzene ring substituents is 1. The maximum Gasteiger partial charge on any atom is 0.338 e. The number of fused-ring (bicyclic) bond motifs is 1. The number of rotatable bonds is 8. The van der Waals surface area contributed by atoms with Gasteiger partial charge in [-0.25, -0.2) is 9.79 Å². The van der Waals surface area contributed by atoms with Crippen LogP contribution in [0.25, 0.3) is 6.08 Å². The minimum Gasteiger partial charge on any atom is -0.489 e. The lowest BCUT2D eigenvalue weighted by atomic mass is 9.96. The Hall–Kier alpha value is -4.54. The van der Waals surface area contributed by atoms with Gasteiger partial charge in [0.05, 0.1) is 27.3 Å². The zero-order valence-electron chi connectivity index (χ0n) is 22.1. The number of thiazole rings is 1. The Balaban J connectivity index is 1.45. The van der Waals surface area contributed by atoms with Crippen LogP contribution in [0.4, 0.5) is 5.69 Å². The van der Waals surface area contributed by atoms with E-state index in [9.17, 15) is 19.7 Å². The average molecular weight is 590 g/mol. The normalized spacial score (nSPS) is 14.8. The molecule has 0 N–H and O–H groups in total. The minimum atomic E-state index is -0.781. The van der Waals surface area contributed by atoms with Crippen LogP contribution in [0.2, 0.25) is 5.02 Å². The summed E-state index contributed by atoms with van der Waals surface area (Å²) in [7, 11) is 0. The highest BCUT2D eigenvalue weighted by Gasteiger charge is 2.34. The van der Waals surface area contributed by atoms with Crippen molar-refractivity contribution in [2.24, 2.45) is 4.99 Å². The Morgan fingerprint density at radius 1 is 1.12 bits per heavy atom. The second kappa shape index (κ2) is 11.9. The lowest BCUT2D eigenvalue weighted by molar-refractivity contribution is -0.384. The topological polar surface area (TPSA) is 113 Å². The molecule has 0 radical (unpaired) electrons. The van der Waals surface area contributed by atoms with E-state index < -0.39 is 16.9 Å². The van der Waals surface area contributed by atoms with E-state index >= 15 is 0 Å². The first kappa shape index (κ1) is 28.0. The number of non-ortho nitro benzene ring substituents is 1. The van der Waals surface area contributed by atoms with E-state index in [1.54, 1.807) is 68.5 Å². The van der Waals surface area contributed by atoms with E-state index in [1.165, 1.54) is 28.0 Å². The van der Waals surface area contributed by atoms with E-state index in [1.807, 2.05) is 12.1 Å². The molecular formula is C30H24ClN3O6S. The van der Waals surface area contributed by atoms with E-state index in [0.717, 1.165) is 11.1 Å². The molecule has 1 aliphatic heterocycles. The molecule has 9 nitrogen and oxygen atoms in total. The molecule has 0 amide bonds. The smallest absolute Gasteiger partial charge is 0.338 e.